The van der Waals surface area contributed by atoms with Crippen LogP contribution in [0, 0.1) is 12.7 Å². The lowest BCUT2D eigenvalue weighted by Gasteiger charge is -2.32. The normalized spacial score (nSPS) is 15.5. The summed E-state index contributed by atoms with van der Waals surface area (Å²) in [4.78, 5) is 29.0. The number of nitrogens with zero attached hydrogens (tertiary/aromatic N) is 1. The largest absolute Gasteiger partial charge is 0.347 e. The van der Waals surface area contributed by atoms with Crippen LogP contribution in [0.3, 0.4) is 0 Å². The number of carbonyl (C=O) groups is 2. The summed E-state index contributed by atoms with van der Waals surface area (Å²) < 4.78 is 13.6. The molecule has 1 atom stereocenters. The second-order valence-corrected chi connectivity index (χ2v) is 8.48. The van der Waals surface area contributed by atoms with Crippen molar-refractivity contribution < 1.29 is 23.8 Å². The summed E-state index contributed by atoms with van der Waals surface area (Å²) in [5, 5.41) is 2.73. The Morgan fingerprint density at radius 3 is 2.55 bits per heavy atom. The molecule has 0 saturated carbocycles. The third-order valence-corrected chi connectivity index (χ3v) is 5.71. The lowest BCUT2D eigenvalue weighted by Crippen LogP contribution is -3.14. The first-order valence-corrected chi connectivity index (χ1v) is 10.9. The first-order chi connectivity index (χ1) is 14.9. The van der Waals surface area contributed by atoms with Gasteiger partial charge in [-0.25, -0.2) is 4.39 Å². The first-order valence-electron chi connectivity index (χ1n) is 10.9. The van der Waals surface area contributed by atoms with Crippen LogP contribution in [-0.4, -0.2) is 63.0 Å². The number of piperazine rings is 1. The Kier molecular flexibility index (Phi) is 8.14. The van der Waals surface area contributed by atoms with Crippen LogP contribution in [0.2, 0.25) is 0 Å². The Hall–Kier alpha value is -2.77. The number of hydrogen-bond acceptors (Lipinski definition) is 2. The van der Waals surface area contributed by atoms with Gasteiger partial charge in [-0.15, -0.1) is 0 Å². The van der Waals surface area contributed by atoms with Crippen LogP contribution in [0.5, 0.6) is 0 Å². The maximum atomic E-state index is 13.6. The molecule has 0 aromatic heterocycles. The molecule has 3 N–H and O–H groups in total. The zero-order valence-electron chi connectivity index (χ0n) is 18.4. The molecule has 0 aliphatic carbocycles. The topological polar surface area (TPSA) is 58.3 Å². The monoisotopic (exact) mass is 428 g/mol. The fraction of sp³-hybridized carbons (Fsp3) is 0.417. The van der Waals surface area contributed by atoms with Crippen LogP contribution in [0.4, 0.5) is 4.39 Å². The molecule has 31 heavy (non-hydrogen) atoms. The molecule has 1 saturated heterocycles. The molecule has 3 rings (SSSR count). The van der Waals surface area contributed by atoms with Crippen molar-refractivity contribution in [1.29, 1.82) is 0 Å². The predicted octanol–water partition coefficient (Wildman–Crippen LogP) is -0.808. The molecule has 2 aromatic rings. The summed E-state index contributed by atoms with van der Waals surface area (Å²) >= 11 is 0. The molecule has 166 valence electrons. The van der Waals surface area contributed by atoms with Gasteiger partial charge in [0.1, 0.15) is 12.4 Å². The van der Waals surface area contributed by atoms with Gasteiger partial charge in [-0.2, -0.15) is 0 Å². The van der Waals surface area contributed by atoms with E-state index in [1.807, 2.05) is 11.9 Å². The number of carbonyl (C=O) groups excluding carboxylic acids is 2. The average molecular weight is 429 g/mol. The number of likely N-dealkylation sites (N-methyl/N-ethyl adjacent to an activating group) is 1. The minimum Gasteiger partial charge on any atom is -0.347 e. The van der Waals surface area contributed by atoms with Crippen LogP contribution in [0.1, 0.15) is 16.7 Å². The summed E-state index contributed by atoms with van der Waals surface area (Å²) in [5.74, 6) is -0.447. The van der Waals surface area contributed by atoms with Gasteiger partial charge in [-0.1, -0.05) is 48.0 Å². The molecule has 7 heteroatoms. The second kappa shape index (κ2) is 11.0. The van der Waals surface area contributed by atoms with Crippen molar-refractivity contribution in [2.45, 2.75) is 20.0 Å². The molecule has 1 aliphatic heterocycles. The van der Waals surface area contributed by atoms with Crippen molar-refractivity contribution in [2.75, 3.05) is 46.3 Å². The summed E-state index contributed by atoms with van der Waals surface area (Å²) in [6.07, 6.45) is 0. The lowest BCUT2D eigenvalue weighted by molar-refractivity contribution is -0.917. The zero-order valence-corrected chi connectivity index (χ0v) is 18.4. The Labute approximate surface area is 183 Å². The molecule has 1 aliphatic rings. The third kappa shape index (κ3) is 7.15. The fourth-order valence-corrected chi connectivity index (χ4v) is 3.96. The number of quaternary nitrogens is 2. The van der Waals surface area contributed by atoms with Gasteiger partial charge in [0.25, 0.3) is 11.8 Å². The van der Waals surface area contributed by atoms with Gasteiger partial charge in [0.15, 0.2) is 13.1 Å². The van der Waals surface area contributed by atoms with Crippen molar-refractivity contribution >= 4 is 11.8 Å². The van der Waals surface area contributed by atoms with Crippen LogP contribution < -0.4 is 15.1 Å². The molecule has 0 bridgehead atoms. The van der Waals surface area contributed by atoms with Gasteiger partial charge < -0.3 is 20.0 Å². The van der Waals surface area contributed by atoms with Gasteiger partial charge in [0.2, 0.25) is 0 Å². The van der Waals surface area contributed by atoms with E-state index in [1.165, 1.54) is 22.1 Å². The van der Waals surface area contributed by atoms with E-state index in [-0.39, 0.29) is 37.3 Å². The van der Waals surface area contributed by atoms with E-state index >= 15 is 0 Å². The maximum Gasteiger partial charge on any atom is 0.278 e. The summed E-state index contributed by atoms with van der Waals surface area (Å²) in [6, 6.07) is 15.0. The average Bonchev–Trinajstić information content (AvgIpc) is 2.73. The smallest absolute Gasteiger partial charge is 0.278 e. The van der Waals surface area contributed by atoms with E-state index in [2.05, 4.69) is 36.5 Å². The number of benzene rings is 2. The number of nitrogens with one attached hydrogen (secondary N) is 3. The highest BCUT2D eigenvalue weighted by molar-refractivity contribution is 5.79. The highest BCUT2D eigenvalue weighted by atomic mass is 19.1. The van der Waals surface area contributed by atoms with E-state index in [9.17, 15) is 14.0 Å². The molecule has 1 heterocycles. The number of rotatable bonds is 8. The molecule has 2 amide bonds. The first kappa shape index (κ1) is 22.9. The fourth-order valence-electron chi connectivity index (χ4n) is 3.96. The van der Waals surface area contributed by atoms with Crippen molar-refractivity contribution in [3.63, 3.8) is 0 Å². The van der Waals surface area contributed by atoms with E-state index in [0.29, 0.717) is 5.56 Å². The van der Waals surface area contributed by atoms with Gasteiger partial charge in [-0.05, 0) is 13.0 Å². The standard InChI is InChI=1S/C24H31FN4O2/c1-19-6-5-7-20(14-19)16-28-10-12-29(13-11-28)24(31)18-27(2)17-23(30)26-15-21-8-3-4-9-22(21)25/h3-9,14H,10-13,15-18H2,1-2H3,(H,26,30)/p+2. The Balaban J connectivity index is 1.37. The second-order valence-electron chi connectivity index (χ2n) is 8.48. The van der Waals surface area contributed by atoms with Crippen molar-refractivity contribution in [2.24, 2.45) is 0 Å². The molecule has 2 aromatic carbocycles. The van der Waals surface area contributed by atoms with Gasteiger partial charge >= 0.3 is 0 Å². The molecule has 1 unspecified atom stereocenters. The van der Waals surface area contributed by atoms with Crippen LogP contribution in [-0.2, 0) is 22.7 Å². The molecule has 1 fully saturated rings. The molecule has 6 nitrogen and oxygen atoms in total. The number of hydrogen-bond donors (Lipinski definition) is 3. The summed E-state index contributed by atoms with van der Waals surface area (Å²) in [6.45, 7) is 7.05. The van der Waals surface area contributed by atoms with E-state index in [0.717, 1.165) is 37.6 Å². The van der Waals surface area contributed by atoms with Crippen LogP contribution >= 0.6 is 0 Å². The van der Waals surface area contributed by atoms with Gasteiger partial charge in [-0.3, -0.25) is 9.59 Å². The van der Waals surface area contributed by atoms with Gasteiger partial charge in [0.05, 0.1) is 33.2 Å². The molecule has 0 radical (unpaired) electrons. The Morgan fingerprint density at radius 1 is 1.10 bits per heavy atom. The number of halogens is 1. The lowest BCUT2D eigenvalue weighted by atomic mass is 10.1. The van der Waals surface area contributed by atoms with Crippen molar-refractivity contribution in [3.8, 4) is 0 Å². The summed E-state index contributed by atoms with van der Waals surface area (Å²) in [7, 11) is 1.83. The van der Waals surface area contributed by atoms with E-state index < -0.39 is 0 Å². The van der Waals surface area contributed by atoms with E-state index in [4.69, 9.17) is 0 Å². The van der Waals surface area contributed by atoms with Gasteiger partial charge in [0, 0.05) is 17.7 Å². The highest BCUT2D eigenvalue weighted by Crippen LogP contribution is 2.05. The predicted molar refractivity (Wildman–Crippen MR) is 117 cm³/mol. The zero-order chi connectivity index (χ0) is 22.2. The maximum absolute atomic E-state index is 13.6. The number of aryl methyl sites for hydroxylation is 1. The molecular formula is C24H33FN4O2+2. The highest BCUT2D eigenvalue weighted by Gasteiger charge is 2.26. The van der Waals surface area contributed by atoms with Crippen molar-refractivity contribution in [1.82, 2.24) is 10.2 Å². The van der Waals surface area contributed by atoms with Crippen LogP contribution in [0.15, 0.2) is 48.5 Å². The van der Waals surface area contributed by atoms with Crippen molar-refractivity contribution in [3.05, 3.63) is 71.0 Å². The number of amides is 2. The third-order valence-electron chi connectivity index (χ3n) is 5.71. The summed E-state index contributed by atoms with van der Waals surface area (Å²) in [5.41, 5.74) is 3.06. The minimum atomic E-state index is -0.331. The minimum absolute atomic E-state index is 0.0778. The Bertz CT molecular complexity index is 897. The van der Waals surface area contributed by atoms with Crippen LogP contribution in [0.25, 0.3) is 0 Å². The molecular weight excluding hydrogens is 395 g/mol. The quantitative estimate of drug-likeness (QED) is 0.515. The molecule has 0 spiro atoms. The SMILES string of the molecule is Cc1cccc(C[NH+]2CCN(C(=O)C[NH+](C)CC(=O)NCc3ccccc3F)CC2)c1. The van der Waals surface area contributed by atoms with E-state index in [1.54, 1.807) is 18.2 Å². The Morgan fingerprint density at radius 2 is 1.84 bits per heavy atom.